The van der Waals surface area contributed by atoms with E-state index in [1.54, 1.807) is 30.5 Å². The molecule has 0 radical (unpaired) electrons. The van der Waals surface area contributed by atoms with Crippen molar-refractivity contribution in [1.82, 2.24) is 10.9 Å². The smallest absolute Gasteiger partial charge is 0.277 e. The first-order chi connectivity index (χ1) is 14.7. The molecule has 0 fully saturated rings. The van der Waals surface area contributed by atoms with E-state index in [0.717, 1.165) is 11.1 Å². The fourth-order valence-electron chi connectivity index (χ4n) is 2.44. The summed E-state index contributed by atoms with van der Waals surface area (Å²) in [4.78, 5) is 24.3. The van der Waals surface area contributed by atoms with Gasteiger partial charge < -0.3 is 4.74 Å². The Labute approximate surface area is 174 Å². The Morgan fingerprint density at radius 3 is 1.90 bits per heavy atom. The summed E-state index contributed by atoms with van der Waals surface area (Å²) in [5.74, 6) is -0.619. The Hall–Kier alpha value is -4.26. The SMILES string of the molecule is O=C(COc1ccccc1C(=O)N/N=C\c1ccccc1)NN=Cc1ccccc1. The van der Waals surface area contributed by atoms with Crippen LogP contribution in [0.15, 0.2) is 95.1 Å². The first-order valence-electron chi connectivity index (χ1n) is 9.19. The zero-order chi connectivity index (χ0) is 21.0. The van der Waals surface area contributed by atoms with Crippen molar-refractivity contribution in [1.29, 1.82) is 0 Å². The third-order valence-electron chi connectivity index (χ3n) is 3.87. The molecular weight excluding hydrogens is 380 g/mol. The molecule has 0 saturated heterocycles. The van der Waals surface area contributed by atoms with Crippen molar-refractivity contribution < 1.29 is 14.3 Å². The Kier molecular flexibility index (Phi) is 7.45. The monoisotopic (exact) mass is 400 g/mol. The summed E-state index contributed by atoms with van der Waals surface area (Å²) >= 11 is 0. The van der Waals surface area contributed by atoms with Gasteiger partial charge >= 0.3 is 0 Å². The molecule has 0 unspecified atom stereocenters. The second kappa shape index (κ2) is 10.9. The lowest BCUT2D eigenvalue weighted by atomic mass is 10.2. The third-order valence-corrected chi connectivity index (χ3v) is 3.87. The maximum absolute atomic E-state index is 12.4. The maximum Gasteiger partial charge on any atom is 0.277 e. The number of nitrogens with zero attached hydrogens (tertiary/aromatic N) is 2. The van der Waals surface area contributed by atoms with Gasteiger partial charge in [0.15, 0.2) is 6.61 Å². The van der Waals surface area contributed by atoms with Crippen molar-refractivity contribution in [2.75, 3.05) is 6.61 Å². The minimum atomic E-state index is -0.445. The lowest BCUT2D eigenvalue weighted by Gasteiger charge is -2.09. The molecule has 0 spiro atoms. The van der Waals surface area contributed by atoms with Crippen molar-refractivity contribution in [3.63, 3.8) is 0 Å². The van der Waals surface area contributed by atoms with E-state index in [1.807, 2.05) is 60.7 Å². The quantitative estimate of drug-likeness (QED) is 0.450. The standard InChI is InChI=1S/C23H20N4O3/c28-22(26-24-15-18-9-3-1-4-10-18)17-30-21-14-8-7-13-20(21)23(29)27-25-16-19-11-5-2-6-12-19/h1-16H,17H2,(H,26,28)(H,27,29)/b24-15?,25-16-. The number of benzene rings is 3. The first-order valence-corrected chi connectivity index (χ1v) is 9.19. The molecule has 150 valence electrons. The highest BCUT2D eigenvalue weighted by Gasteiger charge is 2.12. The lowest BCUT2D eigenvalue weighted by Crippen LogP contribution is -2.25. The van der Waals surface area contributed by atoms with E-state index in [4.69, 9.17) is 4.74 Å². The molecule has 2 amide bonds. The number of para-hydroxylation sites is 1. The molecule has 30 heavy (non-hydrogen) atoms. The molecule has 2 N–H and O–H groups in total. The first kappa shape index (κ1) is 20.5. The van der Waals surface area contributed by atoms with Crippen LogP contribution in [-0.2, 0) is 4.79 Å². The van der Waals surface area contributed by atoms with Crippen molar-refractivity contribution in [3.05, 3.63) is 102 Å². The average Bonchev–Trinajstić information content (AvgIpc) is 2.79. The number of carbonyl (C=O) groups excluding carboxylic acids is 2. The van der Waals surface area contributed by atoms with E-state index in [1.165, 1.54) is 6.21 Å². The van der Waals surface area contributed by atoms with Gasteiger partial charge in [-0.3, -0.25) is 9.59 Å². The molecule has 7 nitrogen and oxygen atoms in total. The molecule has 0 aliphatic heterocycles. The second-order valence-electron chi connectivity index (χ2n) is 6.10. The Balaban J connectivity index is 1.53. The summed E-state index contributed by atoms with van der Waals surface area (Å²) in [7, 11) is 0. The fourth-order valence-corrected chi connectivity index (χ4v) is 2.44. The van der Waals surface area contributed by atoms with Gasteiger partial charge in [0, 0.05) is 0 Å². The van der Waals surface area contributed by atoms with Gasteiger partial charge in [0.1, 0.15) is 5.75 Å². The van der Waals surface area contributed by atoms with Crippen LogP contribution >= 0.6 is 0 Å². The maximum atomic E-state index is 12.4. The van der Waals surface area contributed by atoms with Gasteiger partial charge in [-0.1, -0.05) is 72.8 Å². The number of amides is 2. The van der Waals surface area contributed by atoms with E-state index in [0.29, 0.717) is 0 Å². The Morgan fingerprint density at radius 2 is 1.27 bits per heavy atom. The zero-order valence-electron chi connectivity index (χ0n) is 16.1. The normalized spacial score (nSPS) is 10.8. The predicted octanol–water partition coefficient (Wildman–Crippen LogP) is 2.98. The van der Waals surface area contributed by atoms with Crippen LogP contribution in [-0.4, -0.2) is 30.9 Å². The number of hydrogen-bond acceptors (Lipinski definition) is 5. The van der Waals surface area contributed by atoms with E-state index in [9.17, 15) is 9.59 Å². The van der Waals surface area contributed by atoms with Crippen molar-refractivity contribution >= 4 is 24.2 Å². The molecule has 0 saturated carbocycles. The molecule has 3 aromatic rings. The van der Waals surface area contributed by atoms with Gasteiger partial charge in [-0.2, -0.15) is 10.2 Å². The molecule has 0 aromatic heterocycles. The van der Waals surface area contributed by atoms with Crippen LogP contribution in [0.5, 0.6) is 5.75 Å². The highest BCUT2D eigenvalue weighted by atomic mass is 16.5. The lowest BCUT2D eigenvalue weighted by molar-refractivity contribution is -0.123. The topological polar surface area (TPSA) is 92.2 Å². The molecule has 0 aliphatic rings. The summed E-state index contributed by atoms with van der Waals surface area (Å²) in [5.41, 5.74) is 6.82. The summed E-state index contributed by atoms with van der Waals surface area (Å²) in [6.07, 6.45) is 3.07. The number of nitrogens with one attached hydrogen (secondary N) is 2. The van der Waals surface area contributed by atoms with Gasteiger partial charge in [0.05, 0.1) is 18.0 Å². The second-order valence-corrected chi connectivity index (χ2v) is 6.10. The number of rotatable bonds is 8. The van der Waals surface area contributed by atoms with E-state index >= 15 is 0 Å². The molecule has 3 aromatic carbocycles. The van der Waals surface area contributed by atoms with E-state index in [2.05, 4.69) is 21.1 Å². The summed E-state index contributed by atoms with van der Waals surface area (Å²) < 4.78 is 5.49. The third kappa shape index (κ3) is 6.42. The minimum Gasteiger partial charge on any atom is -0.483 e. The van der Waals surface area contributed by atoms with Gasteiger partial charge in [-0.15, -0.1) is 0 Å². The minimum absolute atomic E-state index is 0.267. The number of carbonyl (C=O) groups is 2. The van der Waals surface area contributed by atoms with Gasteiger partial charge in [0.2, 0.25) is 0 Å². The number of ether oxygens (including phenoxy) is 1. The molecule has 3 rings (SSSR count). The van der Waals surface area contributed by atoms with E-state index < -0.39 is 11.8 Å². The highest BCUT2D eigenvalue weighted by Crippen LogP contribution is 2.17. The summed E-state index contributed by atoms with van der Waals surface area (Å²) in [6, 6.07) is 25.4. The van der Waals surface area contributed by atoms with Crippen molar-refractivity contribution in [2.45, 2.75) is 0 Å². The summed E-state index contributed by atoms with van der Waals surface area (Å²) in [6.45, 7) is -0.288. The van der Waals surface area contributed by atoms with Crippen molar-refractivity contribution in [2.24, 2.45) is 10.2 Å². The molecule has 0 bridgehead atoms. The van der Waals surface area contributed by atoms with E-state index in [-0.39, 0.29) is 17.9 Å². The van der Waals surface area contributed by atoms with Crippen LogP contribution in [0.25, 0.3) is 0 Å². The number of hydrazone groups is 2. The van der Waals surface area contributed by atoms with Crippen LogP contribution in [0.3, 0.4) is 0 Å². The Morgan fingerprint density at radius 1 is 0.733 bits per heavy atom. The molecule has 0 heterocycles. The van der Waals surface area contributed by atoms with Gasteiger partial charge in [-0.25, -0.2) is 10.9 Å². The van der Waals surface area contributed by atoms with Crippen LogP contribution in [0.4, 0.5) is 0 Å². The highest BCUT2D eigenvalue weighted by molar-refractivity contribution is 5.97. The largest absolute Gasteiger partial charge is 0.483 e. The van der Waals surface area contributed by atoms with Crippen LogP contribution in [0, 0.1) is 0 Å². The summed E-state index contributed by atoms with van der Waals surface area (Å²) in [5, 5.41) is 7.82. The zero-order valence-corrected chi connectivity index (χ0v) is 16.1. The van der Waals surface area contributed by atoms with Crippen molar-refractivity contribution in [3.8, 4) is 5.75 Å². The molecule has 0 aliphatic carbocycles. The molecule has 7 heteroatoms. The average molecular weight is 400 g/mol. The van der Waals surface area contributed by atoms with Crippen LogP contribution < -0.4 is 15.6 Å². The van der Waals surface area contributed by atoms with Crippen LogP contribution in [0.2, 0.25) is 0 Å². The molecular formula is C23H20N4O3. The fraction of sp³-hybridized carbons (Fsp3) is 0.0435. The number of hydrogen-bond donors (Lipinski definition) is 2. The predicted molar refractivity (Wildman–Crippen MR) is 116 cm³/mol. The van der Waals surface area contributed by atoms with Gasteiger partial charge in [0.25, 0.3) is 11.8 Å². The molecule has 0 atom stereocenters. The van der Waals surface area contributed by atoms with Gasteiger partial charge in [-0.05, 0) is 23.3 Å². The van der Waals surface area contributed by atoms with Crippen LogP contribution in [0.1, 0.15) is 21.5 Å². The Bertz CT molecular complexity index is 1030.